The van der Waals surface area contributed by atoms with Gasteiger partial charge in [-0.3, -0.25) is 0 Å². The van der Waals surface area contributed by atoms with E-state index in [1.54, 1.807) is 6.33 Å². The number of imidazole rings is 1. The molecule has 4 heteroatoms. The molecule has 17 heavy (non-hydrogen) atoms. The summed E-state index contributed by atoms with van der Waals surface area (Å²) in [4.78, 5) is 7.35. The van der Waals surface area contributed by atoms with E-state index in [1.165, 1.54) is 5.56 Å². The molecule has 0 saturated heterocycles. The third kappa shape index (κ3) is 3.17. The number of halogens is 1. The first kappa shape index (κ1) is 12.3. The van der Waals surface area contributed by atoms with Gasteiger partial charge < -0.3 is 10.3 Å². The molecule has 2 N–H and O–H groups in total. The van der Waals surface area contributed by atoms with Crippen LogP contribution in [0.15, 0.2) is 35.1 Å². The highest BCUT2D eigenvalue weighted by Crippen LogP contribution is 2.18. The molecule has 0 radical (unpaired) electrons. The predicted octanol–water partition coefficient (Wildman–Crippen LogP) is 3.33. The summed E-state index contributed by atoms with van der Waals surface area (Å²) in [6.45, 7) is 4.97. The zero-order chi connectivity index (χ0) is 12.3. The molecule has 2 aromatic rings. The zero-order valence-electron chi connectivity index (χ0n) is 10.00. The Bertz CT molecular complexity index is 493. The van der Waals surface area contributed by atoms with Gasteiger partial charge in [0.2, 0.25) is 0 Å². The molecule has 0 saturated carbocycles. The van der Waals surface area contributed by atoms with Gasteiger partial charge in [0, 0.05) is 22.8 Å². The Labute approximate surface area is 110 Å². The van der Waals surface area contributed by atoms with E-state index in [2.05, 4.69) is 56.3 Å². The molecule has 1 aromatic heterocycles. The summed E-state index contributed by atoms with van der Waals surface area (Å²) in [5.41, 5.74) is 3.47. The highest BCUT2D eigenvalue weighted by molar-refractivity contribution is 9.10. The van der Waals surface area contributed by atoms with Crippen molar-refractivity contribution in [1.29, 1.82) is 0 Å². The smallest absolute Gasteiger partial charge is 0.0925 e. The number of hydrogen-bond acceptors (Lipinski definition) is 2. The monoisotopic (exact) mass is 293 g/mol. The highest BCUT2D eigenvalue weighted by Gasteiger charge is 2.07. The standard InChI is InChI=1S/C13H16BrN3/c1-9(11-4-3-5-12(14)6-11)15-7-13-10(2)16-8-17-13/h3-6,8-9,15H,7H2,1-2H3,(H,16,17)/t9-/m0/s1. The Kier molecular flexibility index (Phi) is 3.97. The van der Waals surface area contributed by atoms with Crippen molar-refractivity contribution in [1.82, 2.24) is 15.3 Å². The molecule has 2 rings (SSSR count). The molecule has 0 aliphatic carbocycles. The van der Waals surface area contributed by atoms with Gasteiger partial charge in [-0.15, -0.1) is 0 Å². The SMILES string of the molecule is Cc1[nH]cnc1CN[C@@H](C)c1cccc(Br)c1. The first-order valence-electron chi connectivity index (χ1n) is 5.64. The Morgan fingerprint density at radius 1 is 1.47 bits per heavy atom. The van der Waals surface area contributed by atoms with Crippen LogP contribution in [0.5, 0.6) is 0 Å². The molecule has 1 heterocycles. The fourth-order valence-electron chi connectivity index (χ4n) is 1.71. The molecule has 0 bridgehead atoms. The molecule has 90 valence electrons. The first-order chi connectivity index (χ1) is 8.16. The number of nitrogens with one attached hydrogen (secondary N) is 2. The minimum absolute atomic E-state index is 0.309. The number of aryl methyl sites for hydroxylation is 1. The van der Waals surface area contributed by atoms with Crippen LogP contribution in [0.3, 0.4) is 0 Å². The average Bonchev–Trinajstić information content (AvgIpc) is 2.72. The molecular weight excluding hydrogens is 278 g/mol. The van der Waals surface area contributed by atoms with Crippen molar-refractivity contribution >= 4 is 15.9 Å². The fourth-order valence-corrected chi connectivity index (χ4v) is 2.13. The van der Waals surface area contributed by atoms with Crippen molar-refractivity contribution in [3.8, 4) is 0 Å². The highest BCUT2D eigenvalue weighted by atomic mass is 79.9. The maximum Gasteiger partial charge on any atom is 0.0925 e. The van der Waals surface area contributed by atoms with Crippen molar-refractivity contribution in [2.45, 2.75) is 26.4 Å². The van der Waals surface area contributed by atoms with Crippen LogP contribution in [-0.2, 0) is 6.54 Å². The third-order valence-corrected chi connectivity index (χ3v) is 3.35. The van der Waals surface area contributed by atoms with E-state index in [0.717, 1.165) is 22.4 Å². The molecule has 0 amide bonds. The number of aromatic nitrogens is 2. The van der Waals surface area contributed by atoms with Crippen LogP contribution in [-0.4, -0.2) is 9.97 Å². The molecule has 0 unspecified atom stereocenters. The first-order valence-corrected chi connectivity index (χ1v) is 6.44. The van der Waals surface area contributed by atoms with E-state index in [9.17, 15) is 0 Å². The summed E-state index contributed by atoms with van der Waals surface area (Å²) >= 11 is 3.49. The van der Waals surface area contributed by atoms with E-state index in [4.69, 9.17) is 0 Å². The number of aromatic amines is 1. The van der Waals surface area contributed by atoms with E-state index in [0.29, 0.717) is 6.04 Å². The Morgan fingerprint density at radius 3 is 2.94 bits per heavy atom. The third-order valence-electron chi connectivity index (χ3n) is 2.86. The minimum atomic E-state index is 0.309. The summed E-state index contributed by atoms with van der Waals surface area (Å²) in [7, 11) is 0. The lowest BCUT2D eigenvalue weighted by atomic mass is 10.1. The molecule has 0 fully saturated rings. The van der Waals surface area contributed by atoms with Crippen molar-refractivity contribution in [2.75, 3.05) is 0 Å². The van der Waals surface area contributed by atoms with Gasteiger partial charge >= 0.3 is 0 Å². The van der Waals surface area contributed by atoms with Crippen LogP contribution in [0.1, 0.15) is 29.9 Å². The van der Waals surface area contributed by atoms with Crippen LogP contribution in [0.25, 0.3) is 0 Å². The number of H-pyrrole nitrogens is 1. The molecule has 1 atom stereocenters. The van der Waals surface area contributed by atoms with E-state index in [1.807, 2.05) is 13.0 Å². The summed E-state index contributed by atoms with van der Waals surface area (Å²) in [5.74, 6) is 0. The topological polar surface area (TPSA) is 40.7 Å². The lowest BCUT2D eigenvalue weighted by molar-refractivity contribution is 0.567. The van der Waals surface area contributed by atoms with E-state index >= 15 is 0 Å². The van der Waals surface area contributed by atoms with Crippen molar-refractivity contribution in [2.24, 2.45) is 0 Å². The number of hydrogen-bond donors (Lipinski definition) is 2. The van der Waals surface area contributed by atoms with Gasteiger partial charge in [0.15, 0.2) is 0 Å². The van der Waals surface area contributed by atoms with Gasteiger partial charge in [0.25, 0.3) is 0 Å². The predicted molar refractivity (Wildman–Crippen MR) is 72.7 cm³/mol. The second-order valence-corrected chi connectivity index (χ2v) is 5.05. The van der Waals surface area contributed by atoms with E-state index in [-0.39, 0.29) is 0 Å². The van der Waals surface area contributed by atoms with Gasteiger partial charge in [-0.25, -0.2) is 4.98 Å². The molecule has 0 aliphatic heterocycles. The maximum absolute atomic E-state index is 4.27. The Morgan fingerprint density at radius 2 is 2.29 bits per heavy atom. The second-order valence-electron chi connectivity index (χ2n) is 4.13. The number of rotatable bonds is 4. The van der Waals surface area contributed by atoms with Crippen molar-refractivity contribution in [3.63, 3.8) is 0 Å². The van der Waals surface area contributed by atoms with Gasteiger partial charge in [-0.05, 0) is 31.5 Å². The van der Waals surface area contributed by atoms with E-state index < -0.39 is 0 Å². The van der Waals surface area contributed by atoms with Crippen molar-refractivity contribution in [3.05, 3.63) is 52.0 Å². The summed E-state index contributed by atoms with van der Waals surface area (Å²) in [5, 5.41) is 3.47. The van der Waals surface area contributed by atoms with Gasteiger partial charge in [-0.1, -0.05) is 28.1 Å². The quantitative estimate of drug-likeness (QED) is 0.908. The van der Waals surface area contributed by atoms with Gasteiger partial charge in [-0.2, -0.15) is 0 Å². The summed E-state index contributed by atoms with van der Waals surface area (Å²) in [6, 6.07) is 8.66. The van der Waals surface area contributed by atoms with Crippen LogP contribution < -0.4 is 5.32 Å². The minimum Gasteiger partial charge on any atom is -0.348 e. The fraction of sp³-hybridized carbons (Fsp3) is 0.308. The molecule has 3 nitrogen and oxygen atoms in total. The second kappa shape index (κ2) is 5.47. The number of nitrogens with zero attached hydrogens (tertiary/aromatic N) is 1. The summed E-state index contributed by atoms with van der Waals surface area (Å²) in [6.07, 6.45) is 1.73. The molecule has 0 spiro atoms. The normalized spacial score (nSPS) is 12.6. The lowest BCUT2D eigenvalue weighted by Gasteiger charge is -2.14. The van der Waals surface area contributed by atoms with Crippen LogP contribution in [0.4, 0.5) is 0 Å². The molecular formula is C13H16BrN3. The van der Waals surface area contributed by atoms with Crippen LogP contribution >= 0.6 is 15.9 Å². The van der Waals surface area contributed by atoms with Gasteiger partial charge in [0.1, 0.15) is 0 Å². The molecule has 0 aliphatic rings. The largest absolute Gasteiger partial charge is 0.348 e. The van der Waals surface area contributed by atoms with Crippen molar-refractivity contribution < 1.29 is 0 Å². The Hall–Kier alpha value is -1.13. The summed E-state index contributed by atoms with van der Waals surface area (Å²) < 4.78 is 1.11. The maximum atomic E-state index is 4.27. The average molecular weight is 294 g/mol. The van der Waals surface area contributed by atoms with Crippen LogP contribution in [0.2, 0.25) is 0 Å². The lowest BCUT2D eigenvalue weighted by Crippen LogP contribution is -2.18. The Balaban J connectivity index is 1.98. The number of benzene rings is 1. The molecule has 1 aromatic carbocycles. The zero-order valence-corrected chi connectivity index (χ0v) is 11.6. The van der Waals surface area contributed by atoms with Crippen LogP contribution in [0, 0.1) is 6.92 Å². The van der Waals surface area contributed by atoms with Gasteiger partial charge in [0.05, 0.1) is 12.0 Å².